The summed E-state index contributed by atoms with van der Waals surface area (Å²) in [6.07, 6.45) is 5.02. The van der Waals surface area contributed by atoms with Crippen molar-refractivity contribution in [2.75, 3.05) is 25.0 Å². The molecule has 2 aliphatic heterocycles. The van der Waals surface area contributed by atoms with Crippen molar-refractivity contribution in [1.29, 1.82) is 0 Å². The van der Waals surface area contributed by atoms with Gasteiger partial charge in [-0.3, -0.25) is 4.40 Å². The number of imidazole rings is 1. The van der Waals surface area contributed by atoms with Gasteiger partial charge in [0.1, 0.15) is 23.5 Å². The number of nitrogens with zero attached hydrogens (tertiary/aromatic N) is 4. The molecule has 2 fully saturated rings. The van der Waals surface area contributed by atoms with Crippen LogP contribution in [0.5, 0.6) is 0 Å². The lowest BCUT2D eigenvalue weighted by molar-refractivity contribution is -0.184. The highest BCUT2D eigenvalue weighted by atomic mass is 35.5. The molecule has 2 N–H and O–H groups in total. The van der Waals surface area contributed by atoms with Crippen LogP contribution in [-0.4, -0.2) is 44.8 Å². The van der Waals surface area contributed by atoms with Crippen molar-refractivity contribution in [1.82, 2.24) is 24.7 Å². The average Bonchev–Trinajstić information content (AvgIpc) is 3.45. The van der Waals surface area contributed by atoms with Crippen molar-refractivity contribution in [3.63, 3.8) is 0 Å². The van der Waals surface area contributed by atoms with Crippen LogP contribution in [0.4, 0.5) is 11.5 Å². The van der Waals surface area contributed by atoms with Crippen LogP contribution in [0.2, 0.25) is 5.02 Å². The second-order valence-corrected chi connectivity index (χ2v) is 8.73. The molecule has 2 aliphatic rings. The molecule has 32 heavy (non-hydrogen) atoms. The minimum atomic E-state index is -0.490. The Bertz CT molecular complexity index is 1300. The monoisotopic (exact) mass is 450 g/mol. The zero-order valence-electron chi connectivity index (χ0n) is 17.6. The van der Waals surface area contributed by atoms with Crippen LogP contribution in [-0.2, 0) is 9.47 Å². The van der Waals surface area contributed by atoms with E-state index in [0.717, 1.165) is 59.6 Å². The summed E-state index contributed by atoms with van der Waals surface area (Å²) >= 11 is 6.42. The lowest BCUT2D eigenvalue weighted by atomic mass is 10.1. The Morgan fingerprint density at radius 1 is 1.19 bits per heavy atom. The summed E-state index contributed by atoms with van der Waals surface area (Å²) in [5.74, 6) is 0.185. The molecule has 5 heterocycles. The molecule has 0 bridgehead atoms. The van der Waals surface area contributed by atoms with Crippen molar-refractivity contribution >= 4 is 39.8 Å². The third kappa shape index (κ3) is 3.31. The number of hydrogen-bond acceptors (Lipinski definition) is 7. The number of piperidine rings is 1. The van der Waals surface area contributed by atoms with Gasteiger partial charge >= 0.3 is 0 Å². The molecule has 0 radical (unpaired) electrons. The molecule has 3 aromatic heterocycles. The number of anilines is 2. The van der Waals surface area contributed by atoms with Crippen molar-refractivity contribution in [3.05, 3.63) is 59.1 Å². The number of aryl methyl sites for hydroxylation is 1. The molecular formula is C23H23ClN6O2. The predicted molar refractivity (Wildman–Crippen MR) is 122 cm³/mol. The van der Waals surface area contributed by atoms with Crippen molar-refractivity contribution < 1.29 is 9.47 Å². The average molecular weight is 451 g/mol. The second kappa shape index (κ2) is 7.67. The summed E-state index contributed by atoms with van der Waals surface area (Å²) in [7, 11) is 0. The van der Waals surface area contributed by atoms with E-state index in [9.17, 15) is 0 Å². The summed E-state index contributed by atoms with van der Waals surface area (Å²) in [6, 6.07) is 9.74. The zero-order valence-corrected chi connectivity index (χ0v) is 18.4. The topological polar surface area (TPSA) is 85.6 Å². The summed E-state index contributed by atoms with van der Waals surface area (Å²) in [4.78, 5) is 14.1. The Morgan fingerprint density at radius 3 is 2.91 bits per heavy atom. The predicted octanol–water partition coefficient (Wildman–Crippen LogP) is 4.15. The molecule has 0 aliphatic carbocycles. The zero-order chi connectivity index (χ0) is 21.7. The van der Waals surface area contributed by atoms with Gasteiger partial charge in [-0.1, -0.05) is 23.7 Å². The van der Waals surface area contributed by atoms with Crippen LogP contribution in [0.3, 0.4) is 0 Å². The molecular weight excluding hydrogens is 428 g/mol. The van der Waals surface area contributed by atoms with Crippen LogP contribution < -0.4 is 10.6 Å². The van der Waals surface area contributed by atoms with Gasteiger partial charge in [-0.15, -0.1) is 0 Å². The Labute approximate surface area is 189 Å². The molecule has 1 atom stereocenters. The van der Waals surface area contributed by atoms with Gasteiger partial charge in [-0.25, -0.2) is 15.0 Å². The number of rotatable bonds is 3. The standard InChI is InChI=1S/C23H23ClN6O2/c1-14-3-2-4-15(24)20(14)29-21-18-11-26-13-30(18)22-17(27-21)6-5-16(28-22)19-12-31-23(32-19)7-9-25-10-8-23/h2-6,11,13,19,25H,7-10,12H2,1H3,(H,27,29). The van der Waals surface area contributed by atoms with Gasteiger partial charge in [-0.05, 0) is 30.7 Å². The van der Waals surface area contributed by atoms with E-state index in [1.807, 2.05) is 41.7 Å². The molecule has 164 valence electrons. The van der Waals surface area contributed by atoms with Crippen molar-refractivity contribution in [2.24, 2.45) is 0 Å². The molecule has 8 nitrogen and oxygen atoms in total. The number of pyridine rings is 1. The van der Waals surface area contributed by atoms with E-state index in [0.29, 0.717) is 17.4 Å². The first-order chi connectivity index (χ1) is 15.6. The lowest BCUT2D eigenvalue weighted by Gasteiger charge is -2.32. The highest BCUT2D eigenvalue weighted by molar-refractivity contribution is 6.33. The highest BCUT2D eigenvalue weighted by Gasteiger charge is 2.43. The maximum Gasteiger partial charge on any atom is 0.171 e. The number of nitrogens with one attached hydrogen (secondary N) is 2. The van der Waals surface area contributed by atoms with E-state index in [-0.39, 0.29) is 6.10 Å². The first-order valence-electron chi connectivity index (χ1n) is 10.8. The SMILES string of the molecule is Cc1cccc(Cl)c1Nc1nc2ccc(C3COC4(CCNCC4)O3)nc2n2cncc12. The quantitative estimate of drug-likeness (QED) is 0.485. The van der Waals surface area contributed by atoms with Gasteiger partial charge in [0.15, 0.2) is 17.3 Å². The van der Waals surface area contributed by atoms with E-state index in [1.165, 1.54) is 0 Å². The first kappa shape index (κ1) is 19.9. The van der Waals surface area contributed by atoms with Gasteiger partial charge in [0.25, 0.3) is 0 Å². The van der Waals surface area contributed by atoms with Gasteiger partial charge in [0, 0.05) is 25.9 Å². The third-order valence-corrected chi connectivity index (χ3v) is 6.55. The van der Waals surface area contributed by atoms with Gasteiger partial charge in [0.05, 0.1) is 29.2 Å². The van der Waals surface area contributed by atoms with Gasteiger partial charge < -0.3 is 20.1 Å². The maximum absolute atomic E-state index is 6.42. The minimum Gasteiger partial charge on any atom is -0.347 e. The fourth-order valence-corrected chi connectivity index (χ4v) is 4.76. The largest absolute Gasteiger partial charge is 0.347 e. The Kier molecular flexibility index (Phi) is 4.76. The first-order valence-corrected chi connectivity index (χ1v) is 11.2. The number of halogens is 1. The number of aromatic nitrogens is 4. The number of para-hydroxylation sites is 1. The maximum atomic E-state index is 6.42. The van der Waals surface area contributed by atoms with Crippen LogP contribution in [0, 0.1) is 6.92 Å². The molecule has 9 heteroatoms. The van der Waals surface area contributed by atoms with E-state index in [2.05, 4.69) is 15.6 Å². The van der Waals surface area contributed by atoms with E-state index in [1.54, 1.807) is 12.5 Å². The van der Waals surface area contributed by atoms with E-state index in [4.69, 9.17) is 31.0 Å². The van der Waals surface area contributed by atoms with Gasteiger partial charge in [0.2, 0.25) is 0 Å². The summed E-state index contributed by atoms with van der Waals surface area (Å²) < 4.78 is 14.4. The molecule has 0 saturated carbocycles. The van der Waals surface area contributed by atoms with E-state index < -0.39 is 5.79 Å². The van der Waals surface area contributed by atoms with Gasteiger partial charge in [-0.2, -0.15) is 0 Å². The molecule has 1 aromatic carbocycles. The number of fused-ring (bicyclic) bond motifs is 3. The molecule has 1 unspecified atom stereocenters. The van der Waals surface area contributed by atoms with E-state index >= 15 is 0 Å². The molecule has 2 saturated heterocycles. The Hall–Kier alpha value is -2.78. The fraction of sp³-hybridized carbons (Fsp3) is 0.348. The van der Waals surface area contributed by atoms with Crippen LogP contribution in [0.25, 0.3) is 16.7 Å². The summed E-state index contributed by atoms with van der Waals surface area (Å²) in [5.41, 5.74) is 5.01. The number of ether oxygens (including phenoxy) is 2. The third-order valence-electron chi connectivity index (χ3n) is 6.23. The molecule has 1 spiro atoms. The summed E-state index contributed by atoms with van der Waals surface area (Å²) in [5, 5.41) is 7.38. The normalized spacial score (nSPS) is 20.4. The summed E-state index contributed by atoms with van der Waals surface area (Å²) in [6.45, 7) is 4.32. The molecule has 0 amide bonds. The minimum absolute atomic E-state index is 0.195. The van der Waals surface area contributed by atoms with Crippen LogP contribution in [0.15, 0.2) is 42.9 Å². The molecule has 4 aromatic rings. The van der Waals surface area contributed by atoms with Crippen LogP contribution in [0.1, 0.15) is 30.2 Å². The fourth-order valence-electron chi connectivity index (χ4n) is 4.49. The smallest absolute Gasteiger partial charge is 0.171 e. The van der Waals surface area contributed by atoms with Crippen molar-refractivity contribution in [3.8, 4) is 0 Å². The Morgan fingerprint density at radius 2 is 2.06 bits per heavy atom. The number of benzene rings is 1. The lowest BCUT2D eigenvalue weighted by Crippen LogP contribution is -2.42. The highest BCUT2D eigenvalue weighted by Crippen LogP contribution is 2.38. The number of hydrogen-bond donors (Lipinski definition) is 2. The van der Waals surface area contributed by atoms with Crippen molar-refractivity contribution in [2.45, 2.75) is 31.7 Å². The second-order valence-electron chi connectivity index (χ2n) is 8.32. The molecule has 6 rings (SSSR count). The Balaban J connectivity index is 1.38. The van der Waals surface area contributed by atoms with Crippen LogP contribution >= 0.6 is 11.6 Å².